The summed E-state index contributed by atoms with van der Waals surface area (Å²) in [6.07, 6.45) is 5.59. The maximum atomic E-state index is 11.2. The SMILES string of the molecule is CC(=O)C1CCCC(CCC(N)=O)C1. The lowest BCUT2D eigenvalue weighted by Crippen LogP contribution is -2.22. The molecule has 1 amide bonds. The zero-order chi connectivity index (χ0) is 10.6. The van der Waals surface area contributed by atoms with Crippen LogP contribution in [0.15, 0.2) is 0 Å². The minimum Gasteiger partial charge on any atom is -0.370 e. The van der Waals surface area contributed by atoms with Gasteiger partial charge in [-0.3, -0.25) is 9.59 Å². The highest BCUT2D eigenvalue weighted by Crippen LogP contribution is 2.32. The first kappa shape index (κ1) is 11.2. The van der Waals surface area contributed by atoms with Crippen molar-refractivity contribution in [1.29, 1.82) is 0 Å². The van der Waals surface area contributed by atoms with Crippen molar-refractivity contribution in [2.75, 3.05) is 0 Å². The van der Waals surface area contributed by atoms with Gasteiger partial charge in [0.25, 0.3) is 0 Å². The molecule has 1 aliphatic rings. The molecule has 1 rings (SSSR count). The summed E-state index contributed by atoms with van der Waals surface area (Å²) in [6.45, 7) is 1.67. The fourth-order valence-corrected chi connectivity index (χ4v) is 2.27. The van der Waals surface area contributed by atoms with Crippen molar-refractivity contribution in [2.45, 2.75) is 45.4 Å². The molecule has 1 aliphatic carbocycles. The lowest BCUT2D eigenvalue weighted by molar-refractivity contribution is -0.122. The summed E-state index contributed by atoms with van der Waals surface area (Å²) >= 11 is 0. The predicted octanol–water partition coefficient (Wildman–Crippen LogP) is 1.65. The molecule has 0 aliphatic heterocycles. The molecular formula is C11H19NO2. The van der Waals surface area contributed by atoms with Crippen LogP contribution in [-0.2, 0) is 9.59 Å². The number of carbonyl (C=O) groups excluding carboxylic acids is 2. The third-order valence-electron chi connectivity index (χ3n) is 3.16. The molecule has 14 heavy (non-hydrogen) atoms. The van der Waals surface area contributed by atoms with Crippen molar-refractivity contribution >= 4 is 11.7 Å². The molecule has 1 saturated carbocycles. The van der Waals surface area contributed by atoms with E-state index in [0.717, 1.165) is 32.1 Å². The Bertz CT molecular complexity index is 225. The van der Waals surface area contributed by atoms with Crippen LogP contribution in [-0.4, -0.2) is 11.7 Å². The molecule has 0 radical (unpaired) electrons. The van der Waals surface area contributed by atoms with E-state index in [1.807, 2.05) is 0 Å². The van der Waals surface area contributed by atoms with Gasteiger partial charge in [0.05, 0.1) is 0 Å². The van der Waals surface area contributed by atoms with Gasteiger partial charge >= 0.3 is 0 Å². The molecule has 0 aromatic carbocycles. The largest absolute Gasteiger partial charge is 0.370 e. The number of rotatable bonds is 4. The summed E-state index contributed by atoms with van der Waals surface area (Å²) in [6, 6.07) is 0. The van der Waals surface area contributed by atoms with Crippen molar-refractivity contribution in [3.8, 4) is 0 Å². The topological polar surface area (TPSA) is 60.2 Å². The fourth-order valence-electron chi connectivity index (χ4n) is 2.27. The molecule has 0 aromatic heterocycles. The molecule has 0 aromatic rings. The average molecular weight is 197 g/mol. The molecule has 1 fully saturated rings. The van der Waals surface area contributed by atoms with Crippen molar-refractivity contribution in [3.63, 3.8) is 0 Å². The molecule has 0 bridgehead atoms. The first-order chi connectivity index (χ1) is 6.59. The lowest BCUT2D eigenvalue weighted by atomic mass is 9.78. The van der Waals surface area contributed by atoms with Gasteiger partial charge in [0.15, 0.2) is 0 Å². The van der Waals surface area contributed by atoms with E-state index < -0.39 is 0 Å². The summed E-state index contributed by atoms with van der Waals surface area (Å²) in [7, 11) is 0. The normalized spacial score (nSPS) is 27.2. The molecule has 0 spiro atoms. The van der Waals surface area contributed by atoms with Gasteiger partial charge in [0.1, 0.15) is 5.78 Å². The zero-order valence-electron chi connectivity index (χ0n) is 8.79. The second-order valence-corrected chi connectivity index (χ2v) is 4.35. The molecule has 2 N–H and O–H groups in total. The molecule has 0 saturated heterocycles. The van der Waals surface area contributed by atoms with Crippen LogP contribution < -0.4 is 5.73 Å². The Balaban J connectivity index is 2.32. The number of nitrogens with two attached hydrogens (primary N) is 1. The van der Waals surface area contributed by atoms with Crippen molar-refractivity contribution < 1.29 is 9.59 Å². The van der Waals surface area contributed by atoms with Crippen molar-refractivity contribution in [1.82, 2.24) is 0 Å². The summed E-state index contributed by atoms with van der Waals surface area (Å²) in [5.41, 5.74) is 5.10. The van der Waals surface area contributed by atoms with E-state index in [0.29, 0.717) is 18.1 Å². The quantitative estimate of drug-likeness (QED) is 0.744. The first-order valence-corrected chi connectivity index (χ1v) is 5.38. The van der Waals surface area contributed by atoms with Gasteiger partial charge in [0.2, 0.25) is 5.91 Å². The first-order valence-electron chi connectivity index (χ1n) is 5.38. The standard InChI is InChI=1S/C11H19NO2/c1-8(13)10-4-2-3-9(7-10)5-6-11(12)14/h9-10H,2-7H2,1H3,(H2,12,14). The smallest absolute Gasteiger partial charge is 0.217 e. The summed E-state index contributed by atoms with van der Waals surface area (Å²) in [5.74, 6) is 0.843. The highest BCUT2D eigenvalue weighted by atomic mass is 16.1. The Hall–Kier alpha value is -0.860. The van der Waals surface area contributed by atoms with E-state index in [1.54, 1.807) is 6.92 Å². The minimum absolute atomic E-state index is 0.227. The molecule has 2 atom stereocenters. The van der Waals surface area contributed by atoms with Crippen LogP contribution in [0.4, 0.5) is 0 Å². The predicted molar refractivity (Wildman–Crippen MR) is 54.6 cm³/mol. The summed E-state index contributed by atoms with van der Waals surface area (Å²) in [4.78, 5) is 21.8. The third-order valence-corrected chi connectivity index (χ3v) is 3.16. The Morgan fingerprint density at radius 3 is 2.64 bits per heavy atom. The summed E-state index contributed by atoms with van der Waals surface area (Å²) < 4.78 is 0. The number of hydrogen-bond acceptors (Lipinski definition) is 2. The monoisotopic (exact) mass is 197 g/mol. The second kappa shape index (κ2) is 5.13. The third kappa shape index (κ3) is 3.48. The molecular weight excluding hydrogens is 178 g/mol. The van der Waals surface area contributed by atoms with Crippen LogP contribution in [0.2, 0.25) is 0 Å². The number of Topliss-reactive ketones (excluding diaryl/α,β-unsaturated/α-hetero) is 1. The van der Waals surface area contributed by atoms with Crippen LogP contribution in [0.25, 0.3) is 0 Å². The number of carbonyl (C=O) groups is 2. The Labute approximate surface area is 85.0 Å². The van der Waals surface area contributed by atoms with Crippen LogP contribution in [0.3, 0.4) is 0 Å². The van der Waals surface area contributed by atoms with E-state index >= 15 is 0 Å². The Kier molecular flexibility index (Phi) is 4.11. The lowest BCUT2D eigenvalue weighted by Gasteiger charge is -2.27. The van der Waals surface area contributed by atoms with E-state index in [1.165, 1.54) is 0 Å². The van der Waals surface area contributed by atoms with Gasteiger partial charge in [0, 0.05) is 12.3 Å². The number of amides is 1. The minimum atomic E-state index is -0.227. The Morgan fingerprint density at radius 2 is 2.07 bits per heavy atom. The zero-order valence-corrected chi connectivity index (χ0v) is 8.79. The van der Waals surface area contributed by atoms with Gasteiger partial charge < -0.3 is 5.73 Å². The molecule has 80 valence electrons. The van der Waals surface area contributed by atoms with Crippen molar-refractivity contribution in [3.05, 3.63) is 0 Å². The van der Waals surface area contributed by atoms with Crippen molar-refractivity contribution in [2.24, 2.45) is 17.6 Å². The average Bonchev–Trinajstić information content (AvgIpc) is 2.15. The van der Waals surface area contributed by atoms with Crippen LogP contribution in [0, 0.1) is 11.8 Å². The van der Waals surface area contributed by atoms with E-state index in [9.17, 15) is 9.59 Å². The fraction of sp³-hybridized carbons (Fsp3) is 0.818. The van der Waals surface area contributed by atoms with Gasteiger partial charge in [-0.25, -0.2) is 0 Å². The highest BCUT2D eigenvalue weighted by molar-refractivity contribution is 5.78. The number of hydrogen-bond donors (Lipinski definition) is 1. The van der Waals surface area contributed by atoms with Crippen LogP contribution in [0.5, 0.6) is 0 Å². The summed E-state index contributed by atoms with van der Waals surface area (Å²) in [5, 5.41) is 0. The van der Waals surface area contributed by atoms with E-state index in [4.69, 9.17) is 5.73 Å². The van der Waals surface area contributed by atoms with Gasteiger partial charge in [-0.15, -0.1) is 0 Å². The maximum absolute atomic E-state index is 11.2. The van der Waals surface area contributed by atoms with Gasteiger partial charge in [-0.1, -0.05) is 12.8 Å². The second-order valence-electron chi connectivity index (χ2n) is 4.35. The molecule has 3 heteroatoms. The van der Waals surface area contributed by atoms with Gasteiger partial charge in [-0.2, -0.15) is 0 Å². The molecule has 0 heterocycles. The van der Waals surface area contributed by atoms with Crippen LogP contribution >= 0.6 is 0 Å². The maximum Gasteiger partial charge on any atom is 0.217 e. The van der Waals surface area contributed by atoms with E-state index in [2.05, 4.69) is 0 Å². The molecule has 2 unspecified atom stereocenters. The number of ketones is 1. The number of primary amides is 1. The Morgan fingerprint density at radius 1 is 1.36 bits per heavy atom. The van der Waals surface area contributed by atoms with E-state index in [-0.39, 0.29) is 11.8 Å². The molecule has 3 nitrogen and oxygen atoms in total. The van der Waals surface area contributed by atoms with Crippen LogP contribution in [0.1, 0.15) is 45.4 Å². The highest BCUT2D eigenvalue weighted by Gasteiger charge is 2.24. The van der Waals surface area contributed by atoms with Gasteiger partial charge in [-0.05, 0) is 32.1 Å².